The van der Waals surface area contributed by atoms with Crippen LogP contribution in [0.15, 0.2) is 23.1 Å². The van der Waals surface area contributed by atoms with Crippen LogP contribution in [0.2, 0.25) is 0 Å². The molecule has 10 heteroatoms. The second-order valence-electron chi connectivity index (χ2n) is 6.51. The lowest BCUT2D eigenvalue weighted by atomic mass is 10.1. The van der Waals surface area contributed by atoms with Gasteiger partial charge in [-0.3, -0.25) is 9.59 Å². The van der Waals surface area contributed by atoms with Gasteiger partial charge in [-0.2, -0.15) is 13.2 Å². The smallest absolute Gasteiger partial charge is 0.367 e. The summed E-state index contributed by atoms with van der Waals surface area (Å²) in [6.45, 7) is 3.18. The number of carbonyl (C=O) groups is 1. The number of amides is 1. The molecule has 0 saturated carbocycles. The van der Waals surface area contributed by atoms with Gasteiger partial charge in [0.25, 0.3) is 5.91 Å². The van der Waals surface area contributed by atoms with E-state index >= 15 is 0 Å². The van der Waals surface area contributed by atoms with E-state index in [1.807, 2.05) is 4.90 Å². The summed E-state index contributed by atoms with van der Waals surface area (Å²) in [5, 5.41) is 4.82. The van der Waals surface area contributed by atoms with Crippen LogP contribution in [-0.4, -0.2) is 49.4 Å². The van der Waals surface area contributed by atoms with Crippen LogP contribution in [-0.2, 0) is 6.54 Å². The van der Waals surface area contributed by atoms with Crippen molar-refractivity contribution in [2.75, 3.05) is 37.6 Å². The number of anilines is 1. The highest BCUT2D eigenvalue weighted by Gasteiger charge is 2.29. The van der Waals surface area contributed by atoms with Gasteiger partial charge in [0.1, 0.15) is 17.9 Å². The first-order valence-electron chi connectivity index (χ1n) is 8.88. The van der Waals surface area contributed by atoms with E-state index in [1.54, 1.807) is 22.9 Å². The molecule has 3 rings (SSSR count). The van der Waals surface area contributed by atoms with Crippen LogP contribution in [0.5, 0.6) is 0 Å². The van der Waals surface area contributed by atoms with E-state index in [0.717, 1.165) is 6.07 Å². The lowest BCUT2D eigenvalue weighted by Crippen LogP contribution is -2.44. The number of hydrogen-bond donors (Lipinski definition) is 2. The van der Waals surface area contributed by atoms with Crippen molar-refractivity contribution in [2.45, 2.75) is 19.6 Å². The Kier molecular flexibility index (Phi) is 5.59. The predicted molar refractivity (Wildman–Crippen MR) is 97.3 cm³/mol. The minimum atomic E-state index is -4.60. The quantitative estimate of drug-likeness (QED) is 0.769. The van der Waals surface area contributed by atoms with Crippen LogP contribution >= 0.6 is 0 Å². The van der Waals surface area contributed by atoms with Crippen molar-refractivity contribution >= 4 is 22.5 Å². The summed E-state index contributed by atoms with van der Waals surface area (Å²) in [4.78, 5) is 26.6. The number of nitrogens with one attached hydrogen (secondary N) is 2. The zero-order valence-electron chi connectivity index (χ0n) is 15.2. The number of benzene rings is 1. The van der Waals surface area contributed by atoms with Crippen molar-refractivity contribution in [2.24, 2.45) is 0 Å². The Morgan fingerprint density at radius 1 is 1.25 bits per heavy atom. The molecule has 2 N–H and O–H groups in total. The number of rotatable bonds is 4. The number of halogens is 4. The topological polar surface area (TPSA) is 66.4 Å². The molecule has 0 aliphatic carbocycles. The largest absolute Gasteiger partial charge is 0.405 e. The van der Waals surface area contributed by atoms with Gasteiger partial charge < -0.3 is 20.1 Å². The van der Waals surface area contributed by atoms with E-state index < -0.39 is 35.4 Å². The van der Waals surface area contributed by atoms with Crippen LogP contribution in [0, 0.1) is 5.82 Å². The third-order valence-electron chi connectivity index (χ3n) is 4.64. The maximum atomic E-state index is 14.7. The maximum Gasteiger partial charge on any atom is 0.405 e. The Morgan fingerprint density at radius 2 is 1.93 bits per heavy atom. The minimum Gasteiger partial charge on any atom is -0.367 e. The molecular formula is C18H20F4N4O2. The molecule has 2 heterocycles. The van der Waals surface area contributed by atoms with Gasteiger partial charge in [-0.15, -0.1) is 0 Å². The van der Waals surface area contributed by atoms with E-state index in [9.17, 15) is 27.2 Å². The van der Waals surface area contributed by atoms with E-state index in [0.29, 0.717) is 43.9 Å². The first-order valence-corrected chi connectivity index (χ1v) is 8.88. The predicted octanol–water partition coefficient (Wildman–Crippen LogP) is 1.86. The first-order chi connectivity index (χ1) is 13.2. The van der Waals surface area contributed by atoms with Gasteiger partial charge in [-0.05, 0) is 19.1 Å². The molecule has 1 aliphatic heterocycles. The highest BCUT2D eigenvalue weighted by molar-refractivity contribution is 5.97. The zero-order chi connectivity index (χ0) is 20.5. The number of aryl methyl sites for hydroxylation is 1. The van der Waals surface area contributed by atoms with Gasteiger partial charge in [-0.1, -0.05) is 0 Å². The molecule has 1 aliphatic rings. The van der Waals surface area contributed by atoms with Gasteiger partial charge in [0.05, 0.1) is 11.2 Å². The summed E-state index contributed by atoms with van der Waals surface area (Å²) < 4.78 is 53.3. The normalized spacial score (nSPS) is 15.1. The Morgan fingerprint density at radius 3 is 2.54 bits per heavy atom. The standard InChI is InChI=1S/C18H20F4N4O2/c1-2-25-9-12(17(28)24-10-18(20,21)22)16(27)11-7-13(19)15(8-14(11)25)26-5-3-23-4-6-26/h7-9,23H,2-6,10H2,1H3,(H,24,28). The van der Waals surface area contributed by atoms with E-state index in [-0.39, 0.29) is 5.39 Å². The van der Waals surface area contributed by atoms with Crippen molar-refractivity contribution in [1.29, 1.82) is 0 Å². The number of aromatic nitrogens is 1. The summed E-state index contributed by atoms with van der Waals surface area (Å²) in [7, 11) is 0. The molecule has 0 unspecified atom stereocenters. The number of alkyl halides is 3. The molecule has 0 radical (unpaired) electrons. The van der Waals surface area contributed by atoms with Gasteiger partial charge in [0.2, 0.25) is 5.43 Å². The fourth-order valence-electron chi connectivity index (χ4n) is 3.25. The van der Waals surface area contributed by atoms with Crippen LogP contribution < -0.4 is 21.0 Å². The van der Waals surface area contributed by atoms with Gasteiger partial charge in [-0.25, -0.2) is 4.39 Å². The third-order valence-corrected chi connectivity index (χ3v) is 4.64. The molecule has 0 bridgehead atoms. The van der Waals surface area contributed by atoms with Crippen LogP contribution in [0.4, 0.5) is 23.2 Å². The molecule has 0 spiro atoms. The summed E-state index contributed by atoms with van der Waals surface area (Å²) >= 11 is 0. The molecule has 152 valence electrons. The van der Waals surface area contributed by atoms with Crippen molar-refractivity contribution in [3.63, 3.8) is 0 Å². The van der Waals surface area contributed by atoms with E-state index in [2.05, 4.69) is 5.32 Å². The lowest BCUT2D eigenvalue weighted by molar-refractivity contribution is -0.123. The Bertz CT molecular complexity index is 949. The molecular weight excluding hydrogens is 380 g/mol. The van der Waals surface area contributed by atoms with Gasteiger partial charge in [0.15, 0.2) is 0 Å². The highest BCUT2D eigenvalue weighted by atomic mass is 19.4. The summed E-state index contributed by atoms with van der Waals surface area (Å²) in [5.74, 6) is -1.75. The van der Waals surface area contributed by atoms with Gasteiger partial charge in [0, 0.05) is 44.3 Å². The molecule has 28 heavy (non-hydrogen) atoms. The van der Waals surface area contributed by atoms with Crippen LogP contribution in [0.25, 0.3) is 10.9 Å². The second-order valence-corrected chi connectivity index (χ2v) is 6.51. The molecule has 1 amide bonds. The number of fused-ring (bicyclic) bond motifs is 1. The van der Waals surface area contributed by atoms with Crippen molar-refractivity contribution < 1.29 is 22.4 Å². The number of nitrogens with zero attached hydrogens (tertiary/aromatic N) is 2. The summed E-state index contributed by atoms with van der Waals surface area (Å²) in [6, 6.07) is 2.61. The summed E-state index contributed by atoms with van der Waals surface area (Å²) in [6.07, 6.45) is -3.38. The van der Waals surface area contributed by atoms with E-state index in [1.165, 1.54) is 6.20 Å². The number of hydrogen-bond acceptors (Lipinski definition) is 4. The summed E-state index contributed by atoms with van der Waals surface area (Å²) in [5.41, 5.74) is -0.474. The number of piperazine rings is 1. The number of pyridine rings is 1. The monoisotopic (exact) mass is 400 g/mol. The molecule has 1 fully saturated rings. The highest BCUT2D eigenvalue weighted by Crippen LogP contribution is 2.25. The average molecular weight is 400 g/mol. The Labute approximate surface area is 158 Å². The maximum absolute atomic E-state index is 14.7. The fourth-order valence-corrected chi connectivity index (χ4v) is 3.25. The second kappa shape index (κ2) is 7.78. The molecule has 2 aromatic rings. The Balaban J connectivity index is 2.06. The minimum absolute atomic E-state index is 0.0436. The number of carbonyl (C=O) groups excluding carboxylic acids is 1. The zero-order valence-corrected chi connectivity index (χ0v) is 15.2. The van der Waals surface area contributed by atoms with Crippen molar-refractivity contribution in [3.05, 3.63) is 39.9 Å². The molecule has 6 nitrogen and oxygen atoms in total. The molecule has 1 saturated heterocycles. The van der Waals surface area contributed by atoms with Crippen molar-refractivity contribution in [1.82, 2.24) is 15.2 Å². The van der Waals surface area contributed by atoms with Crippen molar-refractivity contribution in [3.8, 4) is 0 Å². The lowest BCUT2D eigenvalue weighted by Gasteiger charge is -2.30. The third kappa shape index (κ3) is 4.11. The average Bonchev–Trinajstić information content (AvgIpc) is 2.66. The molecule has 1 aromatic carbocycles. The first kappa shape index (κ1) is 20.1. The molecule has 1 aromatic heterocycles. The van der Waals surface area contributed by atoms with Crippen LogP contribution in [0.1, 0.15) is 17.3 Å². The Hall–Kier alpha value is -2.62. The fraction of sp³-hybridized carbons (Fsp3) is 0.444. The van der Waals surface area contributed by atoms with E-state index in [4.69, 9.17) is 0 Å². The molecule has 0 atom stereocenters. The van der Waals surface area contributed by atoms with Crippen LogP contribution in [0.3, 0.4) is 0 Å². The SMILES string of the molecule is CCn1cc(C(=O)NCC(F)(F)F)c(=O)c2cc(F)c(N3CCNCC3)cc21. The van der Waals surface area contributed by atoms with Gasteiger partial charge >= 0.3 is 6.18 Å².